The number of carbonyl (C=O) groups is 2. The Balaban J connectivity index is 1.73. The smallest absolute Gasteiger partial charge is 0.244 e. The zero-order valence-corrected chi connectivity index (χ0v) is 25.5. The molecule has 0 saturated heterocycles. The molecule has 0 unspecified atom stereocenters. The minimum atomic E-state index is -3.88. The molecule has 1 atom stereocenters. The summed E-state index contributed by atoms with van der Waals surface area (Å²) in [4.78, 5) is 29.8. The summed E-state index contributed by atoms with van der Waals surface area (Å²) in [7, 11) is -2.43. The lowest BCUT2D eigenvalue weighted by Crippen LogP contribution is -2.55. The number of nitrogens with zero attached hydrogens (tertiary/aromatic N) is 2. The van der Waals surface area contributed by atoms with Crippen LogP contribution in [-0.4, -0.2) is 57.1 Å². The number of methoxy groups -OCH3 is 1. The Kier molecular flexibility index (Phi) is 10.6. The summed E-state index contributed by atoms with van der Waals surface area (Å²) in [5.74, 6) is -0.377. The third-order valence-corrected chi connectivity index (χ3v) is 8.86. The highest BCUT2D eigenvalue weighted by Gasteiger charge is 2.34. The fourth-order valence-electron chi connectivity index (χ4n) is 5.42. The number of aryl methyl sites for hydroxylation is 1. The number of carbonyl (C=O) groups excluding carboxylic acids is 2. The van der Waals surface area contributed by atoms with E-state index in [-0.39, 0.29) is 24.2 Å². The van der Waals surface area contributed by atoms with Crippen molar-refractivity contribution in [3.8, 4) is 5.75 Å². The van der Waals surface area contributed by atoms with Gasteiger partial charge in [-0.2, -0.15) is 0 Å². The highest BCUT2D eigenvalue weighted by atomic mass is 32.2. The lowest BCUT2D eigenvalue weighted by atomic mass is 9.94. The first-order valence-electron chi connectivity index (χ1n) is 14.5. The predicted molar refractivity (Wildman–Crippen MR) is 166 cm³/mol. The average Bonchev–Trinajstić information content (AvgIpc) is 2.99. The number of benzene rings is 3. The van der Waals surface area contributed by atoms with Crippen LogP contribution in [0.4, 0.5) is 5.69 Å². The van der Waals surface area contributed by atoms with Crippen molar-refractivity contribution in [2.45, 2.75) is 64.1 Å². The largest absolute Gasteiger partial charge is 0.495 e. The number of para-hydroxylation sites is 2. The fraction of sp³-hybridized carbons (Fsp3) is 0.394. The topological polar surface area (TPSA) is 96.0 Å². The monoisotopic (exact) mass is 591 g/mol. The van der Waals surface area contributed by atoms with Gasteiger partial charge in [-0.25, -0.2) is 8.42 Å². The first kappa shape index (κ1) is 31.1. The molecule has 1 fully saturated rings. The summed E-state index contributed by atoms with van der Waals surface area (Å²) in [6, 6.07) is 23.3. The molecule has 1 N–H and O–H groups in total. The molecule has 2 amide bonds. The van der Waals surface area contributed by atoms with Crippen LogP contribution in [0.3, 0.4) is 0 Å². The number of hydrogen-bond donors (Lipinski definition) is 1. The second-order valence-electron chi connectivity index (χ2n) is 11.0. The molecule has 0 aromatic heterocycles. The molecular formula is C33H41N3O5S. The molecule has 4 rings (SSSR count). The molecule has 224 valence electrons. The van der Waals surface area contributed by atoms with Gasteiger partial charge < -0.3 is 15.0 Å². The van der Waals surface area contributed by atoms with Gasteiger partial charge >= 0.3 is 0 Å². The van der Waals surface area contributed by atoms with Crippen molar-refractivity contribution in [2.24, 2.45) is 0 Å². The number of hydrogen-bond acceptors (Lipinski definition) is 5. The Labute approximate surface area is 249 Å². The third-order valence-electron chi connectivity index (χ3n) is 7.73. The number of sulfonamides is 1. The molecule has 0 heterocycles. The van der Waals surface area contributed by atoms with Gasteiger partial charge in [-0.05, 0) is 43.0 Å². The van der Waals surface area contributed by atoms with E-state index in [1.54, 1.807) is 24.3 Å². The molecule has 3 aromatic rings. The van der Waals surface area contributed by atoms with Crippen molar-refractivity contribution in [3.05, 3.63) is 95.6 Å². The number of nitrogens with one attached hydrogen (secondary N) is 1. The van der Waals surface area contributed by atoms with Crippen molar-refractivity contribution in [1.82, 2.24) is 10.2 Å². The predicted octanol–water partition coefficient (Wildman–Crippen LogP) is 4.86. The van der Waals surface area contributed by atoms with Crippen LogP contribution >= 0.6 is 0 Å². The van der Waals surface area contributed by atoms with Crippen LogP contribution in [-0.2, 0) is 32.6 Å². The van der Waals surface area contributed by atoms with E-state index in [2.05, 4.69) is 5.32 Å². The molecule has 1 aliphatic carbocycles. The zero-order valence-electron chi connectivity index (χ0n) is 24.7. The van der Waals surface area contributed by atoms with Gasteiger partial charge in [0.15, 0.2) is 0 Å². The van der Waals surface area contributed by atoms with E-state index < -0.39 is 28.5 Å². The first-order valence-corrected chi connectivity index (χ1v) is 16.3. The van der Waals surface area contributed by atoms with Crippen molar-refractivity contribution in [3.63, 3.8) is 0 Å². The summed E-state index contributed by atoms with van der Waals surface area (Å²) >= 11 is 0. The van der Waals surface area contributed by atoms with Crippen LogP contribution in [0.5, 0.6) is 5.75 Å². The van der Waals surface area contributed by atoms with Crippen LogP contribution in [0.15, 0.2) is 78.9 Å². The molecule has 42 heavy (non-hydrogen) atoms. The molecule has 8 nitrogen and oxygen atoms in total. The van der Waals surface area contributed by atoms with E-state index >= 15 is 0 Å². The maximum atomic E-state index is 14.3. The second kappa shape index (κ2) is 14.4. The van der Waals surface area contributed by atoms with Crippen LogP contribution in [0, 0.1) is 6.92 Å². The first-order chi connectivity index (χ1) is 20.2. The van der Waals surface area contributed by atoms with Crippen molar-refractivity contribution in [2.75, 3.05) is 24.2 Å². The van der Waals surface area contributed by atoms with E-state index in [1.807, 2.05) is 61.5 Å². The summed E-state index contributed by atoms with van der Waals surface area (Å²) in [5, 5.41) is 3.22. The normalized spacial score (nSPS) is 14.5. The molecular weight excluding hydrogens is 550 g/mol. The van der Waals surface area contributed by atoms with Crippen molar-refractivity contribution < 1.29 is 22.7 Å². The van der Waals surface area contributed by atoms with Crippen LogP contribution in [0.1, 0.15) is 48.8 Å². The Morgan fingerprint density at radius 1 is 0.905 bits per heavy atom. The molecule has 0 radical (unpaired) electrons. The van der Waals surface area contributed by atoms with Crippen molar-refractivity contribution in [1.29, 1.82) is 0 Å². The molecule has 0 aliphatic heterocycles. The van der Waals surface area contributed by atoms with Crippen LogP contribution in [0.2, 0.25) is 0 Å². The van der Waals surface area contributed by atoms with E-state index in [4.69, 9.17) is 4.74 Å². The summed E-state index contributed by atoms with van der Waals surface area (Å²) in [6.45, 7) is 1.66. The zero-order chi connectivity index (χ0) is 30.1. The van der Waals surface area contributed by atoms with Gasteiger partial charge in [0.25, 0.3) is 0 Å². The Hall–Kier alpha value is -3.85. The van der Waals surface area contributed by atoms with Gasteiger partial charge in [-0.3, -0.25) is 13.9 Å². The Bertz CT molecular complexity index is 1440. The molecule has 0 spiro atoms. The Morgan fingerprint density at radius 3 is 2.19 bits per heavy atom. The SMILES string of the molecule is COc1ccccc1N(CC(=O)N(Cc1ccc(C)cc1)[C@@H](Cc1ccccc1)C(=O)NC1CCCCC1)S(C)(=O)=O. The molecule has 0 bridgehead atoms. The van der Waals surface area contributed by atoms with Gasteiger partial charge in [0.05, 0.1) is 19.1 Å². The maximum absolute atomic E-state index is 14.3. The maximum Gasteiger partial charge on any atom is 0.244 e. The van der Waals surface area contributed by atoms with Crippen LogP contribution in [0.25, 0.3) is 0 Å². The lowest BCUT2D eigenvalue weighted by molar-refractivity contribution is -0.140. The second-order valence-corrected chi connectivity index (χ2v) is 12.9. The fourth-order valence-corrected chi connectivity index (χ4v) is 6.27. The summed E-state index contributed by atoms with van der Waals surface area (Å²) < 4.78 is 32.5. The molecule has 1 saturated carbocycles. The van der Waals surface area contributed by atoms with Crippen molar-refractivity contribution >= 4 is 27.5 Å². The number of amides is 2. The molecule has 1 aliphatic rings. The third kappa shape index (κ3) is 8.35. The molecule has 3 aromatic carbocycles. The van der Waals surface area contributed by atoms with Gasteiger partial charge in [-0.1, -0.05) is 91.6 Å². The van der Waals surface area contributed by atoms with Gasteiger partial charge in [0, 0.05) is 19.0 Å². The van der Waals surface area contributed by atoms with Gasteiger partial charge in [-0.15, -0.1) is 0 Å². The average molecular weight is 592 g/mol. The standard InChI is InChI=1S/C33H41N3O5S/c1-25-18-20-27(21-19-25)23-35(32(37)24-36(42(3,39)40)29-16-10-11-17-31(29)41-2)30(22-26-12-6-4-7-13-26)33(38)34-28-14-8-5-9-15-28/h4,6-7,10-13,16-21,28,30H,5,8-9,14-15,22-24H2,1-3H3,(H,34,38)/t30-/m0/s1. The minimum absolute atomic E-state index is 0.0574. The van der Waals surface area contributed by atoms with E-state index in [9.17, 15) is 18.0 Å². The number of ether oxygens (including phenoxy) is 1. The Morgan fingerprint density at radius 2 is 1.55 bits per heavy atom. The van der Waals surface area contributed by atoms with Gasteiger partial charge in [0.2, 0.25) is 21.8 Å². The van der Waals surface area contributed by atoms with E-state index in [0.717, 1.165) is 59.4 Å². The van der Waals surface area contributed by atoms with E-state index in [1.165, 1.54) is 12.0 Å². The highest BCUT2D eigenvalue weighted by molar-refractivity contribution is 7.92. The van der Waals surface area contributed by atoms with E-state index in [0.29, 0.717) is 12.2 Å². The number of anilines is 1. The van der Waals surface area contributed by atoms with Gasteiger partial charge in [0.1, 0.15) is 18.3 Å². The minimum Gasteiger partial charge on any atom is -0.495 e. The molecule has 9 heteroatoms. The summed E-state index contributed by atoms with van der Waals surface area (Å²) in [6.07, 6.45) is 6.45. The highest BCUT2D eigenvalue weighted by Crippen LogP contribution is 2.30. The number of rotatable bonds is 12. The summed E-state index contributed by atoms with van der Waals surface area (Å²) in [5.41, 5.74) is 3.10. The quantitative estimate of drug-likeness (QED) is 0.325. The van der Waals surface area contributed by atoms with Crippen LogP contribution < -0.4 is 14.4 Å². The lowest BCUT2D eigenvalue weighted by Gasteiger charge is -2.35.